The second kappa shape index (κ2) is 5.05. The topological polar surface area (TPSA) is 50.2 Å². The third-order valence-electron chi connectivity index (χ3n) is 2.10. The van der Waals surface area contributed by atoms with Gasteiger partial charge >= 0.3 is 0 Å². The smallest absolute Gasteiger partial charge is 0.243 e. The highest BCUT2D eigenvalue weighted by molar-refractivity contribution is 7.13. The summed E-state index contributed by atoms with van der Waals surface area (Å²) in [5.74, 6) is 0.534. The van der Waals surface area contributed by atoms with Gasteiger partial charge in [-0.1, -0.05) is 0 Å². The zero-order valence-corrected chi connectivity index (χ0v) is 10.9. The first kappa shape index (κ1) is 11.7. The van der Waals surface area contributed by atoms with Crippen LogP contribution in [0.4, 0.5) is 5.95 Å². The summed E-state index contributed by atoms with van der Waals surface area (Å²) in [4.78, 5) is 10.9. The van der Waals surface area contributed by atoms with Crippen LogP contribution < -0.4 is 5.43 Å². The highest BCUT2D eigenvalue weighted by atomic mass is 32.1. The minimum atomic E-state index is 0.534. The van der Waals surface area contributed by atoms with Crippen molar-refractivity contribution in [2.24, 2.45) is 5.10 Å². The van der Waals surface area contributed by atoms with Gasteiger partial charge in [0.25, 0.3) is 0 Å². The molecule has 0 aliphatic rings. The molecule has 1 N–H and O–H groups in total. The SMILES string of the molecule is Cc1cc(C)nc(N/N=C/c2ccc(C)s2)n1. The maximum absolute atomic E-state index is 4.24. The quantitative estimate of drug-likeness (QED) is 0.669. The molecule has 2 rings (SSSR count). The molecule has 0 radical (unpaired) electrons. The molecule has 0 unspecified atom stereocenters. The van der Waals surface area contributed by atoms with Crippen molar-refractivity contribution in [1.82, 2.24) is 9.97 Å². The molecule has 2 aromatic rings. The van der Waals surface area contributed by atoms with Crippen LogP contribution in [0, 0.1) is 20.8 Å². The Bertz CT molecular complexity index is 525. The van der Waals surface area contributed by atoms with E-state index in [1.165, 1.54) is 4.88 Å². The lowest BCUT2D eigenvalue weighted by molar-refractivity contribution is 1.04. The van der Waals surface area contributed by atoms with Gasteiger partial charge < -0.3 is 0 Å². The Hall–Kier alpha value is -1.75. The zero-order valence-electron chi connectivity index (χ0n) is 10.1. The predicted octanol–water partition coefficient (Wildman–Crippen LogP) is 2.91. The summed E-state index contributed by atoms with van der Waals surface area (Å²) in [5, 5.41) is 4.12. The first-order valence-electron chi connectivity index (χ1n) is 5.31. The Morgan fingerprint density at radius 1 is 1.18 bits per heavy atom. The van der Waals surface area contributed by atoms with Crippen molar-refractivity contribution in [3.63, 3.8) is 0 Å². The van der Waals surface area contributed by atoms with E-state index in [0.717, 1.165) is 16.3 Å². The van der Waals surface area contributed by atoms with Crippen LogP contribution in [0.2, 0.25) is 0 Å². The van der Waals surface area contributed by atoms with Gasteiger partial charge in [0.15, 0.2) is 0 Å². The number of thiophene rings is 1. The number of rotatable bonds is 3. The van der Waals surface area contributed by atoms with Crippen LogP contribution in [-0.4, -0.2) is 16.2 Å². The first-order valence-corrected chi connectivity index (χ1v) is 6.13. The van der Waals surface area contributed by atoms with Crippen molar-refractivity contribution in [2.45, 2.75) is 20.8 Å². The van der Waals surface area contributed by atoms with Crippen molar-refractivity contribution < 1.29 is 0 Å². The average Bonchev–Trinajstić information content (AvgIpc) is 2.63. The van der Waals surface area contributed by atoms with E-state index in [1.807, 2.05) is 26.0 Å². The monoisotopic (exact) mass is 246 g/mol. The van der Waals surface area contributed by atoms with Gasteiger partial charge in [0, 0.05) is 21.1 Å². The molecule has 0 aliphatic carbocycles. The number of aryl methyl sites for hydroxylation is 3. The summed E-state index contributed by atoms with van der Waals surface area (Å²) in [5.41, 5.74) is 4.70. The number of hydrazone groups is 1. The van der Waals surface area contributed by atoms with Crippen LogP contribution in [0.3, 0.4) is 0 Å². The summed E-state index contributed by atoms with van der Waals surface area (Å²) < 4.78 is 0. The number of hydrogen-bond donors (Lipinski definition) is 1. The van der Waals surface area contributed by atoms with Gasteiger partial charge in [-0.2, -0.15) is 5.10 Å². The van der Waals surface area contributed by atoms with Crippen molar-refractivity contribution in [3.8, 4) is 0 Å². The maximum Gasteiger partial charge on any atom is 0.243 e. The predicted molar refractivity (Wildman–Crippen MR) is 71.8 cm³/mol. The molecule has 0 atom stereocenters. The molecule has 0 aromatic carbocycles. The van der Waals surface area contributed by atoms with Gasteiger partial charge in [-0.05, 0) is 39.0 Å². The van der Waals surface area contributed by atoms with E-state index in [0.29, 0.717) is 5.95 Å². The van der Waals surface area contributed by atoms with Gasteiger partial charge in [0.1, 0.15) is 0 Å². The number of hydrogen-bond acceptors (Lipinski definition) is 5. The fraction of sp³-hybridized carbons (Fsp3) is 0.250. The summed E-state index contributed by atoms with van der Waals surface area (Å²) in [7, 11) is 0. The highest BCUT2D eigenvalue weighted by Crippen LogP contribution is 2.12. The van der Waals surface area contributed by atoms with Gasteiger partial charge in [-0.25, -0.2) is 15.4 Å². The van der Waals surface area contributed by atoms with Crippen molar-refractivity contribution in [2.75, 3.05) is 5.43 Å². The van der Waals surface area contributed by atoms with Crippen LogP contribution in [-0.2, 0) is 0 Å². The Balaban J connectivity index is 2.04. The zero-order chi connectivity index (χ0) is 12.3. The minimum Gasteiger partial charge on any atom is -0.245 e. The third-order valence-corrected chi connectivity index (χ3v) is 3.04. The Kier molecular flexibility index (Phi) is 3.49. The molecule has 0 amide bonds. The second-order valence-electron chi connectivity index (χ2n) is 3.79. The summed E-state index contributed by atoms with van der Waals surface area (Å²) >= 11 is 1.70. The Morgan fingerprint density at radius 2 is 1.88 bits per heavy atom. The Morgan fingerprint density at radius 3 is 2.47 bits per heavy atom. The van der Waals surface area contributed by atoms with Crippen LogP contribution in [0.15, 0.2) is 23.3 Å². The summed E-state index contributed by atoms with van der Waals surface area (Å²) in [6.45, 7) is 5.95. The standard InChI is InChI=1S/C12H14N4S/c1-8-6-9(2)15-12(14-8)16-13-7-11-5-4-10(3)17-11/h4-7H,1-3H3,(H,14,15,16)/b13-7+. The average molecular weight is 246 g/mol. The van der Waals surface area contributed by atoms with E-state index in [9.17, 15) is 0 Å². The molecule has 5 heteroatoms. The fourth-order valence-electron chi connectivity index (χ4n) is 1.45. The lowest BCUT2D eigenvalue weighted by Crippen LogP contribution is -1.99. The molecule has 4 nitrogen and oxygen atoms in total. The van der Waals surface area contributed by atoms with E-state index < -0.39 is 0 Å². The Labute approximate surface area is 104 Å². The minimum absolute atomic E-state index is 0.534. The summed E-state index contributed by atoms with van der Waals surface area (Å²) in [6, 6.07) is 6.03. The highest BCUT2D eigenvalue weighted by Gasteiger charge is 1.97. The molecule has 0 spiro atoms. The number of nitrogens with zero attached hydrogens (tertiary/aromatic N) is 3. The molecule has 2 heterocycles. The largest absolute Gasteiger partial charge is 0.245 e. The molecule has 88 valence electrons. The second-order valence-corrected chi connectivity index (χ2v) is 5.11. The van der Waals surface area contributed by atoms with Crippen LogP contribution >= 0.6 is 11.3 Å². The molecule has 0 saturated heterocycles. The maximum atomic E-state index is 4.24. The van der Waals surface area contributed by atoms with E-state index in [2.05, 4.69) is 33.5 Å². The third kappa shape index (κ3) is 3.35. The van der Waals surface area contributed by atoms with Crippen LogP contribution in [0.1, 0.15) is 21.1 Å². The molecule has 0 bridgehead atoms. The molecular weight excluding hydrogens is 232 g/mol. The molecule has 17 heavy (non-hydrogen) atoms. The van der Waals surface area contributed by atoms with Gasteiger partial charge in [0.05, 0.1) is 6.21 Å². The number of anilines is 1. The first-order chi connectivity index (χ1) is 8.13. The molecule has 0 aliphatic heterocycles. The normalized spacial score (nSPS) is 11.0. The van der Waals surface area contributed by atoms with Crippen molar-refractivity contribution in [3.05, 3.63) is 39.3 Å². The van der Waals surface area contributed by atoms with Gasteiger partial charge in [-0.3, -0.25) is 0 Å². The molecule has 0 fully saturated rings. The fourth-order valence-corrected chi connectivity index (χ4v) is 2.20. The lowest BCUT2D eigenvalue weighted by Gasteiger charge is -2.00. The number of aromatic nitrogens is 2. The van der Waals surface area contributed by atoms with Crippen molar-refractivity contribution in [1.29, 1.82) is 0 Å². The number of nitrogens with one attached hydrogen (secondary N) is 1. The summed E-state index contributed by atoms with van der Waals surface area (Å²) in [6.07, 6.45) is 1.78. The van der Waals surface area contributed by atoms with E-state index in [1.54, 1.807) is 17.6 Å². The van der Waals surface area contributed by atoms with E-state index in [-0.39, 0.29) is 0 Å². The molecule has 0 saturated carbocycles. The van der Waals surface area contributed by atoms with E-state index >= 15 is 0 Å². The van der Waals surface area contributed by atoms with Crippen LogP contribution in [0.25, 0.3) is 0 Å². The lowest BCUT2D eigenvalue weighted by atomic mass is 10.4. The van der Waals surface area contributed by atoms with Gasteiger partial charge in [0.2, 0.25) is 5.95 Å². The van der Waals surface area contributed by atoms with Gasteiger partial charge in [-0.15, -0.1) is 11.3 Å². The molecule has 2 aromatic heterocycles. The molecular formula is C12H14N4S. The van der Waals surface area contributed by atoms with Crippen molar-refractivity contribution >= 4 is 23.5 Å². The van der Waals surface area contributed by atoms with Crippen LogP contribution in [0.5, 0.6) is 0 Å². The van der Waals surface area contributed by atoms with E-state index in [4.69, 9.17) is 0 Å².